The predicted molar refractivity (Wildman–Crippen MR) is 41.2 cm³/mol. The number of thiocarbonyl (C=S) groups is 1. The maximum Gasteiger partial charge on any atom is 0.186 e. The molecule has 0 aromatic carbocycles. The van der Waals surface area contributed by atoms with Crippen LogP contribution in [0.3, 0.4) is 0 Å². The van der Waals surface area contributed by atoms with E-state index >= 15 is 0 Å². The Morgan fingerprint density at radius 1 is 1.89 bits per heavy atom. The molecule has 1 rings (SSSR count). The standard InChI is InChI=1S/C5H9N3S/c1-4-2-3-8(7-4)5(6)9/h2-3H2,1H3,(H2,6,9). The summed E-state index contributed by atoms with van der Waals surface area (Å²) >= 11 is 4.70. The second-order valence-electron chi connectivity index (χ2n) is 2.05. The molecule has 0 aromatic rings. The van der Waals surface area contributed by atoms with Gasteiger partial charge in [0, 0.05) is 18.7 Å². The fraction of sp³-hybridized carbons (Fsp3) is 0.600. The molecule has 0 bridgehead atoms. The molecule has 0 saturated heterocycles. The lowest BCUT2D eigenvalue weighted by molar-refractivity contribution is 0.495. The molecule has 1 aliphatic heterocycles. The molecule has 50 valence electrons. The highest BCUT2D eigenvalue weighted by Gasteiger charge is 2.11. The van der Waals surface area contributed by atoms with Crippen molar-refractivity contribution in [3.63, 3.8) is 0 Å². The van der Waals surface area contributed by atoms with Crippen molar-refractivity contribution in [1.29, 1.82) is 0 Å². The Morgan fingerprint density at radius 3 is 2.78 bits per heavy atom. The molecule has 0 atom stereocenters. The van der Waals surface area contributed by atoms with Crippen LogP contribution in [0.15, 0.2) is 5.10 Å². The molecule has 0 aromatic heterocycles. The van der Waals surface area contributed by atoms with E-state index in [-0.39, 0.29) is 0 Å². The van der Waals surface area contributed by atoms with E-state index in [1.807, 2.05) is 6.92 Å². The first-order valence-electron chi connectivity index (χ1n) is 2.81. The van der Waals surface area contributed by atoms with E-state index in [1.165, 1.54) is 0 Å². The van der Waals surface area contributed by atoms with Crippen LogP contribution in [-0.2, 0) is 0 Å². The van der Waals surface area contributed by atoms with Crippen LogP contribution in [0, 0.1) is 0 Å². The van der Waals surface area contributed by atoms with Gasteiger partial charge in [0.1, 0.15) is 0 Å². The topological polar surface area (TPSA) is 41.6 Å². The minimum Gasteiger partial charge on any atom is -0.375 e. The number of hydrogen-bond acceptors (Lipinski definition) is 2. The summed E-state index contributed by atoms with van der Waals surface area (Å²) in [6.07, 6.45) is 0.983. The molecule has 4 heteroatoms. The molecule has 0 amide bonds. The highest BCUT2D eigenvalue weighted by molar-refractivity contribution is 7.80. The third-order valence-corrected chi connectivity index (χ3v) is 1.44. The molecule has 0 saturated carbocycles. The van der Waals surface area contributed by atoms with E-state index in [0.717, 1.165) is 18.7 Å². The summed E-state index contributed by atoms with van der Waals surface area (Å²) in [6.45, 7) is 2.82. The molecule has 3 nitrogen and oxygen atoms in total. The van der Waals surface area contributed by atoms with Crippen molar-refractivity contribution >= 4 is 23.0 Å². The minimum atomic E-state index is 0.367. The van der Waals surface area contributed by atoms with Crippen molar-refractivity contribution in [1.82, 2.24) is 5.01 Å². The van der Waals surface area contributed by atoms with E-state index in [9.17, 15) is 0 Å². The van der Waals surface area contributed by atoms with Gasteiger partial charge in [-0.15, -0.1) is 0 Å². The molecule has 1 heterocycles. The summed E-state index contributed by atoms with van der Waals surface area (Å²) in [5, 5.41) is 6.08. The molecule has 9 heavy (non-hydrogen) atoms. The largest absolute Gasteiger partial charge is 0.375 e. The summed E-state index contributed by atoms with van der Waals surface area (Å²) in [5.74, 6) is 0. The van der Waals surface area contributed by atoms with Gasteiger partial charge in [-0.05, 0) is 19.1 Å². The van der Waals surface area contributed by atoms with E-state index in [1.54, 1.807) is 5.01 Å². The number of nitrogens with zero attached hydrogens (tertiary/aromatic N) is 2. The predicted octanol–water partition coefficient (Wildman–Crippen LogP) is 0.312. The van der Waals surface area contributed by atoms with Crippen molar-refractivity contribution in [2.75, 3.05) is 6.54 Å². The smallest absolute Gasteiger partial charge is 0.186 e. The number of nitrogens with two attached hydrogens (primary N) is 1. The Hall–Kier alpha value is -0.640. The first-order valence-corrected chi connectivity index (χ1v) is 3.22. The number of hydrogen-bond donors (Lipinski definition) is 1. The molecule has 0 unspecified atom stereocenters. The Balaban J connectivity index is 2.57. The lowest BCUT2D eigenvalue weighted by Crippen LogP contribution is -2.28. The maximum atomic E-state index is 5.31. The van der Waals surface area contributed by atoms with Crippen LogP contribution in [0.2, 0.25) is 0 Å². The van der Waals surface area contributed by atoms with Crippen LogP contribution >= 0.6 is 12.2 Å². The summed E-state index contributed by atoms with van der Waals surface area (Å²) in [6, 6.07) is 0. The normalized spacial score (nSPS) is 17.9. The van der Waals surface area contributed by atoms with Gasteiger partial charge in [-0.3, -0.25) is 0 Å². The van der Waals surface area contributed by atoms with Gasteiger partial charge in [0.15, 0.2) is 5.11 Å². The van der Waals surface area contributed by atoms with Crippen molar-refractivity contribution in [3.8, 4) is 0 Å². The van der Waals surface area contributed by atoms with Gasteiger partial charge in [-0.2, -0.15) is 5.10 Å². The van der Waals surface area contributed by atoms with Gasteiger partial charge in [0.25, 0.3) is 0 Å². The van der Waals surface area contributed by atoms with Crippen LogP contribution < -0.4 is 5.73 Å². The van der Waals surface area contributed by atoms with Gasteiger partial charge in [0.2, 0.25) is 0 Å². The average Bonchev–Trinajstić information content (AvgIpc) is 2.14. The van der Waals surface area contributed by atoms with E-state index in [4.69, 9.17) is 18.0 Å². The molecule has 0 aliphatic carbocycles. The molecule has 1 aliphatic rings. The Bertz CT molecular complexity index is 164. The van der Waals surface area contributed by atoms with Crippen molar-refractivity contribution in [2.24, 2.45) is 10.8 Å². The van der Waals surface area contributed by atoms with Crippen LogP contribution in [-0.4, -0.2) is 22.4 Å². The summed E-state index contributed by atoms with van der Waals surface area (Å²) in [7, 11) is 0. The molecular weight excluding hydrogens is 134 g/mol. The quantitative estimate of drug-likeness (QED) is 0.496. The minimum absolute atomic E-state index is 0.367. The van der Waals surface area contributed by atoms with Crippen molar-refractivity contribution < 1.29 is 0 Å². The van der Waals surface area contributed by atoms with Gasteiger partial charge in [-0.1, -0.05) is 0 Å². The van der Waals surface area contributed by atoms with Crippen LogP contribution in [0.1, 0.15) is 13.3 Å². The van der Waals surface area contributed by atoms with Crippen LogP contribution in [0.5, 0.6) is 0 Å². The summed E-state index contributed by atoms with van der Waals surface area (Å²) < 4.78 is 0. The summed E-state index contributed by atoms with van der Waals surface area (Å²) in [5.41, 5.74) is 6.41. The SMILES string of the molecule is CC1=NN(C(N)=S)CC1. The number of rotatable bonds is 0. The molecule has 0 radical (unpaired) electrons. The first-order chi connectivity index (χ1) is 4.20. The Labute approximate surface area is 59.5 Å². The highest BCUT2D eigenvalue weighted by atomic mass is 32.1. The zero-order chi connectivity index (χ0) is 6.85. The van der Waals surface area contributed by atoms with Gasteiger partial charge in [-0.25, -0.2) is 5.01 Å². The molecular formula is C5H9N3S. The molecule has 2 N–H and O–H groups in total. The lowest BCUT2D eigenvalue weighted by Gasteiger charge is -2.08. The fourth-order valence-electron chi connectivity index (χ4n) is 0.733. The molecule has 0 fully saturated rings. The van der Waals surface area contributed by atoms with Crippen molar-refractivity contribution in [3.05, 3.63) is 0 Å². The van der Waals surface area contributed by atoms with E-state index < -0.39 is 0 Å². The second-order valence-corrected chi connectivity index (χ2v) is 2.46. The van der Waals surface area contributed by atoms with Crippen molar-refractivity contribution in [2.45, 2.75) is 13.3 Å². The van der Waals surface area contributed by atoms with Crippen LogP contribution in [0.25, 0.3) is 0 Å². The highest BCUT2D eigenvalue weighted by Crippen LogP contribution is 2.03. The van der Waals surface area contributed by atoms with E-state index in [2.05, 4.69) is 5.10 Å². The Morgan fingerprint density at radius 2 is 2.56 bits per heavy atom. The average molecular weight is 143 g/mol. The third-order valence-electron chi connectivity index (χ3n) is 1.23. The van der Waals surface area contributed by atoms with E-state index in [0.29, 0.717) is 5.11 Å². The van der Waals surface area contributed by atoms with Crippen LogP contribution in [0.4, 0.5) is 0 Å². The zero-order valence-corrected chi connectivity index (χ0v) is 6.11. The fourth-order valence-corrected chi connectivity index (χ4v) is 0.865. The third kappa shape index (κ3) is 1.38. The van der Waals surface area contributed by atoms with Gasteiger partial charge in [0.05, 0.1) is 0 Å². The second kappa shape index (κ2) is 2.31. The van der Waals surface area contributed by atoms with Gasteiger partial charge >= 0.3 is 0 Å². The first kappa shape index (κ1) is 6.48. The van der Waals surface area contributed by atoms with Gasteiger partial charge < -0.3 is 5.73 Å². The number of hydrazone groups is 1. The monoisotopic (exact) mass is 143 g/mol. The Kier molecular flexibility index (Phi) is 1.66. The lowest BCUT2D eigenvalue weighted by atomic mass is 10.3. The molecule has 0 spiro atoms. The summed E-state index contributed by atoms with van der Waals surface area (Å²) in [4.78, 5) is 0. The maximum absolute atomic E-state index is 5.31. The zero-order valence-electron chi connectivity index (χ0n) is 5.29.